The summed E-state index contributed by atoms with van der Waals surface area (Å²) in [4.78, 5) is 10.6. The van der Waals surface area contributed by atoms with Crippen molar-refractivity contribution in [2.24, 2.45) is 0 Å². The van der Waals surface area contributed by atoms with Crippen molar-refractivity contribution in [1.82, 2.24) is 19.1 Å². The summed E-state index contributed by atoms with van der Waals surface area (Å²) in [6.45, 7) is 0. The Bertz CT molecular complexity index is 3160. The van der Waals surface area contributed by atoms with E-state index in [1.807, 2.05) is 0 Å². The lowest BCUT2D eigenvalue weighted by molar-refractivity contribution is 1.01. The summed E-state index contributed by atoms with van der Waals surface area (Å²) in [5.41, 5.74) is 8.59. The molecule has 0 atom stereocenters. The maximum absolute atomic E-state index is 5.39. The molecular weight excluding hydrogens is 609 g/mol. The van der Waals surface area contributed by atoms with Gasteiger partial charge in [-0.15, -0.1) is 0 Å². The predicted octanol–water partition coefficient (Wildman–Crippen LogP) is 11.8. The highest BCUT2D eigenvalue weighted by molar-refractivity contribution is 6.29. The number of nitrogens with zero attached hydrogens (tertiary/aromatic N) is 4. The van der Waals surface area contributed by atoms with Crippen LogP contribution in [0.3, 0.4) is 0 Å². The van der Waals surface area contributed by atoms with Crippen LogP contribution in [-0.2, 0) is 0 Å². The first-order chi connectivity index (χ1) is 24.8. The molecule has 0 N–H and O–H groups in total. The maximum atomic E-state index is 5.39. The van der Waals surface area contributed by atoms with Gasteiger partial charge in [-0.25, -0.2) is 9.97 Å². The van der Waals surface area contributed by atoms with Crippen LogP contribution in [0.1, 0.15) is 0 Å². The van der Waals surface area contributed by atoms with E-state index in [2.05, 4.69) is 179 Å². The highest BCUT2D eigenvalue weighted by Crippen LogP contribution is 2.42. The molecule has 4 heteroatoms. The minimum Gasteiger partial charge on any atom is -0.309 e. The Labute approximate surface area is 287 Å². The first kappa shape index (κ1) is 27.2. The van der Waals surface area contributed by atoms with Crippen molar-refractivity contribution >= 4 is 76.1 Å². The highest BCUT2D eigenvalue weighted by Gasteiger charge is 2.22. The third-order valence-electron chi connectivity index (χ3n) is 10.3. The Morgan fingerprint density at radius 2 is 0.900 bits per heavy atom. The van der Waals surface area contributed by atoms with Crippen LogP contribution in [0.15, 0.2) is 170 Å². The maximum Gasteiger partial charge on any atom is 0.235 e. The monoisotopic (exact) mass is 636 g/mol. The first-order valence-corrected chi connectivity index (χ1v) is 17.0. The van der Waals surface area contributed by atoms with Gasteiger partial charge in [-0.05, 0) is 70.1 Å². The molecule has 0 saturated carbocycles. The fourth-order valence-electron chi connectivity index (χ4n) is 8.05. The quantitative estimate of drug-likeness (QED) is 0.193. The Kier molecular flexibility index (Phi) is 5.63. The molecule has 3 heterocycles. The summed E-state index contributed by atoms with van der Waals surface area (Å²) in [5.74, 6) is 0.663. The van der Waals surface area contributed by atoms with Crippen LogP contribution in [-0.4, -0.2) is 19.1 Å². The first-order valence-electron chi connectivity index (χ1n) is 17.0. The summed E-state index contributed by atoms with van der Waals surface area (Å²) < 4.78 is 4.66. The lowest BCUT2D eigenvalue weighted by Gasteiger charge is -2.12. The summed E-state index contributed by atoms with van der Waals surface area (Å²) >= 11 is 0. The fraction of sp³-hybridized carbons (Fsp3) is 0. The number of rotatable bonds is 3. The molecule has 0 fully saturated rings. The second-order valence-corrected chi connectivity index (χ2v) is 13.0. The van der Waals surface area contributed by atoms with Gasteiger partial charge in [0, 0.05) is 38.2 Å². The molecule has 0 bridgehead atoms. The van der Waals surface area contributed by atoms with Crippen LogP contribution >= 0.6 is 0 Å². The van der Waals surface area contributed by atoms with E-state index in [0.29, 0.717) is 5.95 Å². The fourth-order valence-corrected chi connectivity index (χ4v) is 8.05. The van der Waals surface area contributed by atoms with Gasteiger partial charge >= 0.3 is 0 Å². The van der Waals surface area contributed by atoms with Crippen molar-refractivity contribution in [2.45, 2.75) is 0 Å². The number of fused-ring (bicyclic) bond motifs is 10. The lowest BCUT2D eigenvalue weighted by atomic mass is 10.0. The number of hydrogen-bond donors (Lipinski definition) is 0. The minimum atomic E-state index is 0.663. The number of benzene rings is 8. The van der Waals surface area contributed by atoms with Crippen molar-refractivity contribution in [1.29, 1.82) is 0 Å². The van der Waals surface area contributed by atoms with Crippen molar-refractivity contribution in [2.75, 3.05) is 0 Å². The minimum absolute atomic E-state index is 0.663. The normalized spacial score (nSPS) is 12.0. The Morgan fingerprint density at radius 3 is 1.62 bits per heavy atom. The van der Waals surface area contributed by atoms with E-state index in [9.17, 15) is 0 Å². The number of para-hydroxylation sites is 3. The molecule has 0 amide bonds. The molecular formula is C46H28N4. The third kappa shape index (κ3) is 3.87. The molecule has 232 valence electrons. The second kappa shape index (κ2) is 10.4. The van der Waals surface area contributed by atoms with Crippen LogP contribution < -0.4 is 0 Å². The van der Waals surface area contributed by atoms with Gasteiger partial charge in [0.1, 0.15) is 0 Å². The molecule has 8 aromatic carbocycles. The van der Waals surface area contributed by atoms with Crippen molar-refractivity contribution < 1.29 is 0 Å². The molecule has 0 aliphatic rings. The zero-order valence-electron chi connectivity index (χ0n) is 27.0. The van der Waals surface area contributed by atoms with Crippen LogP contribution in [0.5, 0.6) is 0 Å². The Hall–Kier alpha value is -6.78. The standard InChI is InChI=1S/C46H28N4/c1-3-13-31-27-33(22-21-29(31)11-1)45-35-15-5-8-18-38(35)47-46(48-45)50-40-20-10-7-17-37(40)44-42(50)26-25-41-43(44)36-16-6-9-19-39(36)49(41)34-24-23-30-12-2-4-14-32(30)28-34/h1-28H. The van der Waals surface area contributed by atoms with Gasteiger partial charge in [0.25, 0.3) is 0 Å². The van der Waals surface area contributed by atoms with Crippen molar-refractivity contribution in [3.05, 3.63) is 170 Å². The zero-order valence-corrected chi connectivity index (χ0v) is 27.0. The Balaban J connectivity index is 1.23. The molecule has 11 aromatic rings. The molecule has 3 aromatic heterocycles. The van der Waals surface area contributed by atoms with E-state index < -0.39 is 0 Å². The number of aromatic nitrogens is 4. The zero-order chi connectivity index (χ0) is 32.8. The molecule has 11 rings (SSSR count). The van der Waals surface area contributed by atoms with Crippen LogP contribution in [0.25, 0.3) is 99.0 Å². The number of hydrogen-bond acceptors (Lipinski definition) is 2. The SMILES string of the molecule is c1ccc2cc(-c3nc(-n4c5ccccc5c5c6c7ccccc7n(-c7ccc8ccccc8c7)c6ccc54)nc4ccccc34)ccc2c1. The van der Waals surface area contributed by atoms with Gasteiger partial charge in [0.15, 0.2) is 0 Å². The van der Waals surface area contributed by atoms with E-state index >= 15 is 0 Å². The van der Waals surface area contributed by atoms with E-state index in [1.54, 1.807) is 0 Å². The van der Waals surface area contributed by atoms with Crippen LogP contribution in [0.2, 0.25) is 0 Å². The summed E-state index contributed by atoms with van der Waals surface area (Å²) in [6, 6.07) is 60.7. The summed E-state index contributed by atoms with van der Waals surface area (Å²) in [6.07, 6.45) is 0. The predicted molar refractivity (Wildman–Crippen MR) is 209 cm³/mol. The van der Waals surface area contributed by atoms with Crippen molar-refractivity contribution in [3.8, 4) is 22.9 Å². The van der Waals surface area contributed by atoms with Gasteiger partial charge in [0.05, 0.1) is 33.3 Å². The summed E-state index contributed by atoms with van der Waals surface area (Å²) in [5, 5.41) is 10.7. The average molecular weight is 637 g/mol. The molecule has 0 radical (unpaired) electrons. The van der Waals surface area contributed by atoms with Gasteiger partial charge < -0.3 is 4.57 Å². The average Bonchev–Trinajstić information content (AvgIpc) is 3.70. The highest BCUT2D eigenvalue weighted by atomic mass is 15.2. The molecule has 0 unspecified atom stereocenters. The Morgan fingerprint density at radius 1 is 0.360 bits per heavy atom. The molecule has 50 heavy (non-hydrogen) atoms. The molecule has 0 spiro atoms. The molecule has 4 nitrogen and oxygen atoms in total. The van der Waals surface area contributed by atoms with E-state index in [4.69, 9.17) is 9.97 Å². The van der Waals surface area contributed by atoms with Gasteiger partial charge in [-0.2, -0.15) is 0 Å². The smallest absolute Gasteiger partial charge is 0.235 e. The van der Waals surface area contributed by atoms with Gasteiger partial charge in [0.2, 0.25) is 5.95 Å². The van der Waals surface area contributed by atoms with Crippen LogP contribution in [0.4, 0.5) is 0 Å². The van der Waals surface area contributed by atoms with E-state index in [0.717, 1.165) is 38.9 Å². The largest absolute Gasteiger partial charge is 0.309 e. The summed E-state index contributed by atoms with van der Waals surface area (Å²) in [7, 11) is 0. The lowest BCUT2D eigenvalue weighted by Crippen LogP contribution is -2.03. The van der Waals surface area contributed by atoms with E-state index in [-0.39, 0.29) is 0 Å². The third-order valence-corrected chi connectivity index (χ3v) is 10.3. The van der Waals surface area contributed by atoms with E-state index in [1.165, 1.54) is 54.1 Å². The molecule has 0 saturated heterocycles. The van der Waals surface area contributed by atoms with Crippen LogP contribution in [0, 0.1) is 0 Å². The second-order valence-electron chi connectivity index (χ2n) is 13.0. The van der Waals surface area contributed by atoms with Crippen molar-refractivity contribution in [3.63, 3.8) is 0 Å². The topological polar surface area (TPSA) is 35.6 Å². The molecule has 0 aliphatic heterocycles. The van der Waals surface area contributed by atoms with Gasteiger partial charge in [-0.1, -0.05) is 121 Å². The van der Waals surface area contributed by atoms with Gasteiger partial charge in [-0.3, -0.25) is 4.57 Å². The molecule has 0 aliphatic carbocycles.